The second-order valence-electron chi connectivity index (χ2n) is 7.99. The molecule has 0 bridgehead atoms. The van der Waals surface area contributed by atoms with Gasteiger partial charge in [-0.15, -0.1) is 0 Å². The first-order chi connectivity index (χ1) is 14.2. The first-order valence-electron chi connectivity index (χ1n) is 10.6. The molecule has 6 nitrogen and oxygen atoms in total. The Morgan fingerprint density at radius 1 is 1.03 bits per heavy atom. The highest BCUT2D eigenvalue weighted by atomic mass is 16.5. The molecule has 154 valence electrons. The van der Waals surface area contributed by atoms with Crippen LogP contribution >= 0.6 is 0 Å². The number of nitrogens with one attached hydrogen (secondary N) is 1. The topological polar surface area (TPSA) is 57.7 Å². The number of piperazine rings is 1. The predicted octanol–water partition coefficient (Wildman–Crippen LogP) is 3.55. The molecule has 2 aliphatic rings. The lowest BCUT2D eigenvalue weighted by Gasteiger charge is -2.44. The van der Waals surface area contributed by atoms with Gasteiger partial charge < -0.3 is 19.9 Å². The average molecular weight is 395 g/mol. The predicted molar refractivity (Wildman–Crippen MR) is 115 cm³/mol. The minimum Gasteiger partial charge on any atom is -0.497 e. The molecule has 1 N–H and O–H groups in total. The smallest absolute Gasteiger partial charge is 0.248 e. The SMILES string of the molecule is COc1ccc(NC2(C(=O)N3CCN(c4cccnc4)CC3)CCCCC2)cc1. The zero-order chi connectivity index (χ0) is 20.1. The quantitative estimate of drug-likeness (QED) is 0.840. The number of hydrogen-bond acceptors (Lipinski definition) is 5. The number of carbonyl (C=O) groups is 1. The highest BCUT2D eigenvalue weighted by Gasteiger charge is 2.42. The van der Waals surface area contributed by atoms with Crippen LogP contribution in [0.25, 0.3) is 0 Å². The first-order valence-corrected chi connectivity index (χ1v) is 10.6. The van der Waals surface area contributed by atoms with Gasteiger partial charge in [-0.2, -0.15) is 0 Å². The van der Waals surface area contributed by atoms with Gasteiger partial charge in [-0.3, -0.25) is 9.78 Å². The lowest BCUT2D eigenvalue weighted by atomic mass is 9.80. The Bertz CT molecular complexity index is 795. The Kier molecular flexibility index (Phi) is 5.88. The molecule has 0 radical (unpaired) electrons. The van der Waals surface area contributed by atoms with Gasteiger partial charge in [0.05, 0.1) is 19.0 Å². The van der Waals surface area contributed by atoms with Crippen LogP contribution in [-0.4, -0.2) is 54.6 Å². The molecule has 1 aliphatic heterocycles. The van der Waals surface area contributed by atoms with Crippen LogP contribution in [0, 0.1) is 0 Å². The molecule has 29 heavy (non-hydrogen) atoms. The summed E-state index contributed by atoms with van der Waals surface area (Å²) in [6.45, 7) is 3.19. The Hall–Kier alpha value is -2.76. The van der Waals surface area contributed by atoms with Crippen molar-refractivity contribution < 1.29 is 9.53 Å². The van der Waals surface area contributed by atoms with Gasteiger partial charge in [-0.05, 0) is 49.2 Å². The number of ether oxygens (including phenoxy) is 1. The van der Waals surface area contributed by atoms with Crippen molar-refractivity contribution in [3.63, 3.8) is 0 Å². The van der Waals surface area contributed by atoms with E-state index in [2.05, 4.69) is 26.2 Å². The van der Waals surface area contributed by atoms with Crippen LogP contribution in [0.4, 0.5) is 11.4 Å². The van der Waals surface area contributed by atoms with E-state index in [0.717, 1.165) is 69.0 Å². The van der Waals surface area contributed by atoms with E-state index in [9.17, 15) is 4.79 Å². The molecule has 1 aromatic carbocycles. The van der Waals surface area contributed by atoms with Crippen molar-refractivity contribution in [1.29, 1.82) is 0 Å². The molecule has 6 heteroatoms. The summed E-state index contributed by atoms with van der Waals surface area (Å²) in [6.07, 6.45) is 8.84. The van der Waals surface area contributed by atoms with E-state index in [1.54, 1.807) is 13.3 Å². The number of amides is 1. The minimum absolute atomic E-state index is 0.249. The van der Waals surface area contributed by atoms with Crippen molar-refractivity contribution in [2.45, 2.75) is 37.6 Å². The summed E-state index contributed by atoms with van der Waals surface area (Å²) in [4.78, 5) is 22.2. The van der Waals surface area contributed by atoms with Gasteiger partial charge in [0.2, 0.25) is 5.91 Å². The van der Waals surface area contributed by atoms with Crippen LogP contribution in [-0.2, 0) is 4.79 Å². The van der Waals surface area contributed by atoms with Crippen molar-refractivity contribution in [1.82, 2.24) is 9.88 Å². The molecule has 0 unspecified atom stereocenters. The van der Waals surface area contributed by atoms with Crippen molar-refractivity contribution in [3.8, 4) is 5.75 Å². The Morgan fingerprint density at radius 2 is 1.76 bits per heavy atom. The summed E-state index contributed by atoms with van der Waals surface area (Å²) in [5.41, 5.74) is 1.61. The zero-order valence-corrected chi connectivity index (χ0v) is 17.1. The standard InChI is InChI=1S/C23H30N4O2/c1-29-21-9-7-19(8-10-21)25-23(11-3-2-4-12-23)22(28)27-16-14-26(15-17-27)20-6-5-13-24-18-20/h5-10,13,18,25H,2-4,11-12,14-17H2,1H3. The summed E-state index contributed by atoms with van der Waals surface area (Å²) >= 11 is 0. The number of carbonyl (C=O) groups excluding carboxylic acids is 1. The van der Waals surface area contributed by atoms with Crippen molar-refractivity contribution in [2.75, 3.05) is 43.5 Å². The Balaban J connectivity index is 1.46. The molecule has 2 heterocycles. The van der Waals surface area contributed by atoms with Gasteiger partial charge in [0.25, 0.3) is 0 Å². The molecular weight excluding hydrogens is 364 g/mol. The zero-order valence-electron chi connectivity index (χ0n) is 17.1. The number of nitrogens with zero attached hydrogens (tertiary/aromatic N) is 3. The number of anilines is 2. The second-order valence-corrected chi connectivity index (χ2v) is 7.99. The average Bonchev–Trinajstić information content (AvgIpc) is 2.80. The number of rotatable bonds is 5. The summed E-state index contributed by atoms with van der Waals surface area (Å²) in [5, 5.41) is 3.62. The third-order valence-electron chi connectivity index (χ3n) is 6.17. The van der Waals surface area contributed by atoms with Gasteiger partial charge in [-0.25, -0.2) is 0 Å². The van der Waals surface area contributed by atoms with E-state index in [1.165, 1.54) is 6.42 Å². The van der Waals surface area contributed by atoms with E-state index in [-0.39, 0.29) is 5.91 Å². The lowest BCUT2D eigenvalue weighted by molar-refractivity contribution is -0.137. The normalized spacial score (nSPS) is 18.9. The van der Waals surface area contributed by atoms with Crippen LogP contribution in [0.5, 0.6) is 5.75 Å². The molecular formula is C23H30N4O2. The van der Waals surface area contributed by atoms with Crippen LogP contribution < -0.4 is 15.0 Å². The van der Waals surface area contributed by atoms with Crippen LogP contribution in [0.15, 0.2) is 48.8 Å². The molecule has 0 spiro atoms. The fraction of sp³-hybridized carbons (Fsp3) is 0.478. The molecule has 1 saturated heterocycles. The minimum atomic E-state index is -0.497. The van der Waals surface area contributed by atoms with Gasteiger partial charge in [-0.1, -0.05) is 19.3 Å². The number of benzene rings is 1. The second kappa shape index (κ2) is 8.72. The van der Waals surface area contributed by atoms with Gasteiger partial charge in [0.1, 0.15) is 11.3 Å². The maximum atomic E-state index is 13.7. The molecule has 1 aromatic heterocycles. The molecule has 4 rings (SSSR count). The highest BCUT2D eigenvalue weighted by molar-refractivity contribution is 5.90. The van der Waals surface area contributed by atoms with Crippen molar-refractivity contribution >= 4 is 17.3 Å². The molecule has 2 fully saturated rings. The van der Waals surface area contributed by atoms with Crippen molar-refractivity contribution in [3.05, 3.63) is 48.8 Å². The van der Waals surface area contributed by atoms with Gasteiger partial charge in [0.15, 0.2) is 0 Å². The van der Waals surface area contributed by atoms with E-state index < -0.39 is 5.54 Å². The fourth-order valence-corrected chi connectivity index (χ4v) is 4.51. The van der Waals surface area contributed by atoms with Crippen LogP contribution in [0.1, 0.15) is 32.1 Å². The highest BCUT2D eigenvalue weighted by Crippen LogP contribution is 2.34. The van der Waals surface area contributed by atoms with Gasteiger partial charge in [0, 0.05) is 38.1 Å². The van der Waals surface area contributed by atoms with E-state index in [1.807, 2.05) is 36.5 Å². The summed E-state index contributed by atoms with van der Waals surface area (Å²) < 4.78 is 5.26. The maximum Gasteiger partial charge on any atom is 0.248 e. The summed E-state index contributed by atoms with van der Waals surface area (Å²) in [5.74, 6) is 1.07. The molecule has 1 saturated carbocycles. The number of pyridine rings is 1. The van der Waals surface area contributed by atoms with E-state index in [4.69, 9.17) is 4.74 Å². The number of aromatic nitrogens is 1. The number of hydrogen-bond donors (Lipinski definition) is 1. The summed E-state index contributed by atoms with van der Waals surface area (Å²) in [7, 11) is 1.67. The Morgan fingerprint density at radius 3 is 2.38 bits per heavy atom. The van der Waals surface area contributed by atoms with Crippen LogP contribution in [0.3, 0.4) is 0 Å². The molecule has 2 aromatic rings. The van der Waals surface area contributed by atoms with Gasteiger partial charge >= 0.3 is 0 Å². The fourth-order valence-electron chi connectivity index (χ4n) is 4.51. The Labute approximate surface area is 172 Å². The van der Waals surface area contributed by atoms with Crippen LogP contribution in [0.2, 0.25) is 0 Å². The van der Waals surface area contributed by atoms with E-state index in [0.29, 0.717) is 0 Å². The third-order valence-corrected chi connectivity index (χ3v) is 6.17. The third kappa shape index (κ3) is 4.31. The molecule has 1 amide bonds. The molecule has 0 atom stereocenters. The monoisotopic (exact) mass is 394 g/mol. The molecule has 1 aliphatic carbocycles. The van der Waals surface area contributed by atoms with Crippen molar-refractivity contribution in [2.24, 2.45) is 0 Å². The maximum absolute atomic E-state index is 13.7. The summed E-state index contributed by atoms with van der Waals surface area (Å²) in [6, 6.07) is 11.9. The number of methoxy groups -OCH3 is 1. The van der Waals surface area contributed by atoms with E-state index >= 15 is 0 Å². The largest absolute Gasteiger partial charge is 0.497 e. The first kappa shape index (κ1) is 19.6. The lowest BCUT2D eigenvalue weighted by Crippen LogP contribution is -2.59.